The zero-order chi connectivity index (χ0) is 19.4. The molecule has 138 valence electrons. The number of para-hydroxylation sites is 4. The van der Waals surface area contributed by atoms with Gasteiger partial charge in [-0.1, -0.05) is 24.3 Å². The molecule has 2 aromatic heterocycles. The maximum atomic E-state index is 14.7. The number of halogens is 4. The molecule has 5 rings (SSSR count). The minimum absolute atomic E-state index is 0.222. The van der Waals surface area contributed by atoms with Crippen LogP contribution in [0.1, 0.15) is 0 Å². The lowest BCUT2D eigenvalue weighted by molar-refractivity contribution is 0.450. The lowest BCUT2D eigenvalue weighted by Crippen LogP contribution is -2.03. The van der Waals surface area contributed by atoms with E-state index in [9.17, 15) is 17.6 Å². The van der Waals surface area contributed by atoms with E-state index in [-0.39, 0.29) is 11.2 Å². The number of oxazole rings is 2. The Balaban J connectivity index is 1.75. The van der Waals surface area contributed by atoms with Crippen molar-refractivity contribution in [1.82, 2.24) is 9.97 Å². The largest absolute Gasteiger partial charge is 0.436 e. The number of benzene rings is 3. The van der Waals surface area contributed by atoms with Crippen LogP contribution in [0.3, 0.4) is 0 Å². The fourth-order valence-electron chi connectivity index (χ4n) is 2.97. The molecule has 0 aliphatic carbocycles. The molecular formula is C20H8F4N2O2. The fraction of sp³-hybridized carbons (Fsp3) is 0. The van der Waals surface area contributed by atoms with E-state index in [2.05, 4.69) is 9.97 Å². The van der Waals surface area contributed by atoms with Gasteiger partial charge in [-0.25, -0.2) is 27.5 Å². The van der Waals surface area contributed by atoms with Gasteiger partial charge in [0.25, 0.3) is 0 Å². The van der Waals surface area contributed by atoms with Crippen molar-refractivity contribution < 1.29 is 26.4 Å². The predicted molar refractivity (Wildman–Crippen MR) is 92.3 cm³/mol. The van der Waals surface area contributed by atoms with Crippen molar-refractivity contribution in [3.63, 3.8) is 0 Å². The first-order valence-electron chi connectivity index (χ1n) is 8.12. The number of hydrogen-bond donors (Lipinski definition) is 0. The van der Waals surface area contributed by atoms with Crippen molar-refractivity contribution >= 4 is 22.2 Å². The van der Waals surface area contributed by atoms with Gasteiger partial charge in [0.2, 0.25) is 11.8 Å². The lowest BCUT2D eigenvalue weighted by atomic mass is 10.1. The predicted octanol–water partition coefficient (Wildman–Crippen LogP) is 5.86. The van der Waals surface area contributed by atoms with E-state index in [1.54, 1.807) is 24.3 Å². The summed E-state index contributed by atoms with van der Waals surface area (Å²) < 4.78 is 69.3. The van der Waals surface area contributed by atoms with E-state index in [0.717, 1.165) is 0 Å². The molecule has 0 N–H and O–H groups in total. The van der Waals surface area contributed by atoms with Crippen molar-refractivity contribution in [3.8, 4) is 22.9 Å². The second-order valence-corrected chi connectivity index (χ2v) is 5.98. The van der Waals surface area contributed by atoms with E-state index < -0.39 is 46.2 Å². The molecule has 5 aromatic rings. The first-order chi connectivity index (χ1) is 13.5. The van der Waals surface area contributed by atoms with E-state index >= 15 is 0 Å². The van der Waals surface area contributed by atoms with Crippen LogP contribution in [-0.4, -0.2) is 9.97 Å². The Labute approximate surface area is 154 Å². The lowest BCUT2D eigenvalue weighted by Gasteiger charge is -2.07. The van der Waals surface area contributed by atoms with Gasteiger partial charge in [0.1, 0.15) is 22.2 Å². The highest BCUT2D eigenvalue weighted by Crippen LogP contribution is 2.37. The second-order valence-electron chi connectivity index (χ2n) is 5.98. The third-order valence-electron chi connectivity index (χ3n) is 4.28. The highest BCUT2D eigenvalue weighted by Gasteiger charge is 2.32. The third-order valence-corrected chi connectivity index (χ3v) is 4.28. The number of hydrogen-bond acceptors (Lipinski definition) is 4. The Morgan fingerprint density at radius 2 is 0.893 bits per heavy atom. The number of aromatic nitrogens is 2. The van der Waals surface area contributed by atoms with Crippen molar-refractivity contribution in [2.24, 2.45) is 0 Å². The molecule has 0 atom stereocenters. The maximum absolute atomic E-state index is 14.7. The van der Waals surface area contributed by atoms with E-state index in [4.69, 9.17) is 8.83 Å². The van der Waals surface area contributed by atoms with Crippen LogP contribution in [0.5, 0.6) is 0 Å². The molecule has 2 heterocycles. The molecule has 0 unspecified atom stereocenters. The molecule has 4 nitrogen and oxygen atoms in total. The summed E-state index contributed by atoms with van der Waals surface area (Å²) in [5.41, 5.74) is -1.04. The summed E-state index contributed by atoms with van der Waals surface area (Å²) in [6.45, 7) is 0. The van der Waals surface area contributed by atoms with Crippen LogP contribution in [-0.2, 0) is 0 Å². The standard InChI is InChI=1S/C20H8F4N2O2/c21-15-13(19-25-9-5-1-3-7-11(9)27-19)16(22)18(24)14(17(15)23)20-26-10-6-2-4-8-12(10)28-20/h1-8H. The second kappa shape index (κ2) is 5.91. The van der Waals surface area contributed by atoms with E-state index in [0.29, 0.717) is 11.0 Å². The Kier molecular flexibility index (Phi) is 3.48. The molecule has 0 saturated heterocycles. The molecule has 28 heavy (non-hydrogen) atoms. The maximum Gasteiger partial charge on any atom is 0.233 e. The van der Waals surface area contributed by atoms with Gasteiger partial charge in [-0.2, -0.15) is 0 Å². The summed E-state index contributed by atoms with van der Waals surface area (Å²) in [4.78, 5) is 7.81. The van der Waals surface area contributed by atoms with Gasteiger partial charge in [0, 0.05) is 0 Å². The van der Waals surface area contributed by atoms with Gasteiger partial charge in [-0.15, -0.1) is 0 Å². The highest BCUT2D eigenvalue weighted by molar-refractivity contribution is 5.79. The van der Waals surface area contributed by atoms with Crippen LogP contribution in [0, 0.1) is 23.3 Å². The topological polar surface area (TPSA) is 52.1 Å². The van der Waals surface area contributed by atoms with Crippen LogP contribution >= 0.6 is 0 Å². The highest BCUT2D eigenvalue weighted by atomic mass is 19.2. The average molecular weight is 384 g/mol. The van der Waals surface area contributed by atoms with Gasteiger partial charge in [0.05, 0.1) is 0 Å². The van der Waals surface area contributed by atoms with Gasteiger partial charge in [-0.05, 0) is 24.3 Å². The molecule has 0 aliphatic heterocycles. The quantitative estimate of drug-likeness (QED) is 0.283. The number of rotatable bonds is 2. The van der Waals surface area contributed by atoms with Gasteiger partial charge >= 0.3 is 0 Å². The van der Waals surface area contributed by atoms with Crippen molar-refractivity contribution in [1.29, 1.82) is 0 Å². The van der Waals surface area contributed by atoms with E-state index in [1.807, 2.05) is 0 Å². The SMILES string of the molecule is Fc1c(F)c(-c2nc3ccccc3o2)c(F)c(F)c1-c1nc2ccccc2o1. The zero-order valence-electron chi connectivity index (χ0n) is 13.8. The average Bonchev–Trinajstić information content (AvgIpc) is 3.30. The van der Waals surface area contributed by atoms with Crippen LogP contribution < -0.4 is 0 Å². The van der Waals surface area contributed by atoms with Crippen LogP contribution in [0.4, 0.5) is 17.6 Å². The monoisotopic (exact) mass is 384 g/mol. The first kappa shape index (κ1) is 16.5. The summed E-state index contributed by atoms with van der Waals surface area (Å²) in [5.74, 6) is -7.74. The van der Waals surface area contributed by atoms with Crippen molar-refractivity contribution in [3.05, 3.63) is 71.8 Å². The van der Waals surface area contributed by atoms with Gasteiger partial charge in [0.15, 0.2) is 34.4 Å². The Morgan fingerprint density at radius 1 is 0.536 bits per heavy atom. The normalized spacial score (nSPS) is 11.6. The summed E-state index contributed by atoms with van der Waals surface area (Å²) in [6.07, 6.45) is 0. The Morgan fingerprint density at radius 3 is 1.25 bits per heavy atom. The first-order valence-corrected chi connectivity index (χ1v) is 8.12. The van der Waals surface area contributed by atoms with Gasteiger partial charge in [-0.3, -0.25) is 0 Å². The molecule has 8 heteroatoms. The number of fused-ring (bicyclic) bond motifs is 2. The smallest absolute Gasteiger partial charge is 0.233 e. The molecule has 0 fully saturated rings. The molecule has 0 aliphatic rings. The summed E-state index contributed by atoms with van der Waals surface area (Å²) >= 11 is 0. The van der Waals surface area contributed by atoms with Crippen molar-refractivity contribution in [2.75, 3.05) is 0 Å². The van der Waals surface area contributed by atoms with Crippen LogP contribution in [0.15, 0.2) is 57.4 Å². The van der Waals surface area contributed by atoms with Crippen molar-refractivity contribution in [2.45, 2.75) is 0 Å². The fourth-order valence-corrected chi connectivity index (χ4v) is 2.97. The molecule has 0 amide bonds. The molecule has 0 saturated carbocycles. The Hall–Kier alpha value is -3.68. The third kappa shape index (κ3) is 2.31. The van der Waals surface area contributed by atoms with E-state index in [1.165, 1.54) is 24.3 Å². The molecule has 0 spiro atoms. The molecular weight excluding hydrogens is 376 g/mol. The van der Waals surface area contributed by atoms with Gasteiger partial charge < -0.3 is 8.83 Å². The minimum Gasteiger partial charge on any atom is -0.436 e. The number of nitrogens with zero attached hydrogens (tertiary/aromatic N) is 2. The van der Waals surface area contributed by atoms with Crippen LogP contribution in [0.2, 0.25) is 0 Å². The minimum atomic E-state index is -1.65. The zero-order valence-corrected chi connectivity index (χ0v) is 13.8. The summed E-state index contributed by atoms with van der Waals surface area (Å²) in [5, 5.41) is 0. The Bertz CT molecular complexity index is 1170. The van der Waals surface area contributed by atoms with Crippen LogP contribution in [0.25, 0.3) is 45.1 Å². The molecule has 0 radical (unpaired) electrons. The summed E-state index contributed by atoms with van der Waals surface area (Å²) in [6, 6.07) is 12.6. The molecule has 3 aromatic carbocycles. The summed E-state index contributed by atoms with van der Waals surface area (Å²) in [7, 11) is 0. The molecule has 0 bridgehead atoms.